The number of nitrogens with zero attached hydrogens (tertiary/aromatic N) is 6. The maximum atomic E-state index is 13.7. The van der Waals surface area contributed by atoms with Crippen molar-refractivity contribution in [1.82, 2.24) is 24.5 Å². The fourth-order valence-electron chi connectivity index (χ4n) is 4.22. The van der Waals surface area contributed by atoms with Gasteiger partial charge in [-0.3, -0.25) is 24.4 Å². The first kappa shape index (κ1) is 28.2. The molecule has 0 spiro atoms. The second-order valence-electron chi connectivity index (χ2n) is 8.88. The zero-order valence-corrected chi connectivity index (χ0v) is 22.5. The van der Waals surface area contributed by atoms with Crippen LogP contribution in [0.1, 0.15) is 38.0 Å². The Morgan fingerprint density at radius 3 is 2.62 bits per heavy atom. The van der Waals surface area contributed by atoms with Gasteiger partial charge in [-0.05, 0) is 30.7 Å². The zero-order chi connectivity index (χ0) is 30.3. The largest absolute Gasteiger partial charge is 0.464 e. The number of alkyl halides is 2. The summed E-state index contributed by atoms with van der Waals surface area (Å²) in [7, 11) is 1.65. The molecule has 0 fully saturated rings. The molecule has 13 nitrogen and oxygen atoms in total. The Kier molecular flexibility index (Phi) is 7.34. The van der Waals surface area contributed by atoms with Crippen LogP contribution in [0.2, 0.25) is 0 Å². The predicted molar refractivity (Wildman–Crippen MR) is 144 cm³/mol. The molecule has 2 amide bonds. The summed E-state index contributed by atoms with van der Waals surface area (Å²) in [6.45, 7) is 1.27. The van der Waals surface area contributed by atoms with Crippen molar-refractivity contribution in [2.24, 2.45) is 12.8 Å². The van der Waals surface area contributed by atoms with Gasteiger partial charge in [0, 0.05) is 42.5 Å². The van der Waals surface area contributed by atoms with Crippen LogP contribution < -0.4 is 15.8 Å². The number of aryl methyl sites for hydroxylation is 2. The second-order valence-corrected chi connectivity index (χ2v) is 9.88. The molecule has 42 heavy (non-hydrogen) atoms. The van der Waals surface area contributed by atoms with Gasteiger partial charge < -0.3 is 15.8 Å². The van der Waals surface area contributed by atoms with Gasteiger partial charge in [0.15, 0.2) is 12.4 Å². The number of anilines is 1. The van der Waals surface area contributed by atoms with Crippen molar-refractivity contribution < 1.29 is 32.4 Å². The SMILES string of the molecule is Cc1nn(C)cc1-c1cc(C(F)F)nc2sc(C(N)=O)c(NC(=O)c3ccn(COc4cc(F)ccc4[N+](=O)[O-])n3)c12. The van der Waals surface area contributed by atoms with E-state index in [-0.39, 0.29) is 37.8 Å². The summed E-state index contributed by atoms with van der Waals surface area (Å²) in [6.07, 6.45) is 0.0287. The van der Waals surface area contributed by atoms with E-state index in [4.69, 9.17) is 10.5 Å². The van der Waals surface area contributed by atoms with E-state index in [1.807, 2.05) is 0 Å². The van der Waals surface area contributed by atoms with Gasteiger partial charge in [-0.25, -0.2) is 22.8 Å². The van der Waals surface area contributed by atoms with E-state index in [1.165, 1.54) is 23.0 Å². The van der Waals surface area contributed by atoms with Crippen molar-refractivity contribution in [1.29, 1.82) is 0 Å². The molecule has 0 aliphatic carbocycles. The minimum Gasteiger partial charge on any atom is -0.464 e. The van der Waals surface area contributed by atoms with Crippen LogP contribution in [-0.4, -0.2) is 41.3 Å². The monoisotopic (exact) mass is 600 g/mol. The number of halogens is 3. The number of pyridine rings is 1. The Labute approximate surface area is 237 Å². The van der Waals surface area contributed by atoms with Crippen molar-refractivity contribution in [2.75, 3.05) is 5.32 Å². The van der Waals surface area contributed by atoms with Crippen molar-refractivity contribution >= 4 is 44.7 Å². The third kappa shape index (κ3) is 5.36. The lowest BCUT2D eigenvalue weighted by Crippen LogP contribution is -2.18. The molecule has 5 aromatic rings. The van der Waals surface area contributed by atoms with Crippen molar-refractivity contribution in [2.45, 2.75) is 20.1 Å². The summed E-state index contributed by atoms with van der Waals surface area (Å²) < 4.78 is 49.0. The van der Waals surface area contributed by atoms with Crippen molar-refractivity contribution in [3.05, 3.63) is 80.6 Å². The molecule has 3 N–H and O–H groups in total. The quantitative estimate of drug-likeness (QED) is 0.183. The molecule has 0 aliphatic heterocycles. The highest BCUT2D eigenvalue weighted by Gasteiger charge is 2.27. The number of nitro groups is 1. The number of hydrogen-bond acceptors (Lipinski definition) is 9. The van der Waals surface area contributed by atoms with Crippen LogP contribution in [0.15, 0.2) is 42.7 Å². The number of carbonyl (C=O) groups excluding carboxylic acids is 2. The van der Waals surface area contributed by atoms with Gasteiger partial charge in [0.2, 0.25) is 5.75 Å². The first-order valence-corrected chi connectivity index (χ1v) is 12.7. The van der Waals surface area contributed by atoms with Crippen LogP contribution in [0.4, 0.5) is 24.5 Å². The molecule has 0 saturated heterocycles. The Balaban J connectivity index is 1.49. The van der Waals surface area contributed by atoms with E-state index in [9.17, 15) is 32.9 Å². The number of ether oxygens (including phenoxy) is 1. The molecular weight excluding hydrogens is 581 g/mol. The van der Waals surface area contributed by atoms with Crippen molar-refractivity contribution in [3.63, 3.8) is 0 Å². The van der Waals surface area contributed by atoms with Crippen LogP contribution in [-0.2, 0) is 13.8 Å². The van der Waals surface area contributed by atoms with E-state index in [1.54, 1.807) is 20.2 Å². The van der Waals surface area contributed by atoms with Gasteiger partial charge in [-0.2, -0.15) is 10.2 Å². The number of primary amides is 1. The topological polar surface area (TPSA) is 173 Å². The minimum absolute atomic E-state index is 0.0414. The number of aromatic nitrogens is 5. The molecule has 0 aliphatic rings. The number of nitrogens with one attached hydrogen (secondary N) is 1. The second kappa shape index (κ2) is 10.9. The number of nitrogens with two attached hydrogens (primary N) is 1. The summed E-state index contributed by atoms with van der Waals surface area (Å²) in [5.41, 5.74) is 5.62. The third-order valence-electron chi connectivity index (χ3n) is 6.02. The van der Waals surface area contributed by atoms with Gasteiger partial charge in [0.1, 0.15) is 21.2 Å². The number of fused-ring (bicyclic) bond motifs is 1. The Morgan fingerprint density at radius 1 is 1.21 bits per heavy atom. The minimum atomic E-state index is -2.91. The number of thiophene rings is 1. The summed E-state index contributed by atoms with van der Waals surface area (Å²) in [6, 6.07) is 5.19. The molecular formula is C25H19F3N8O5S. The summed E-state index contributed by atoms with van der Waals surface area (Å²) in [5, 5.41) is 22.3. The maximum Gasteiger partial charge on any atom is 0.311 e. The number of nitro benzene ring substituents is 1. The number of amides is 2. The lowest BCUT2D eigenvalue weighted by Gasteiger charge is -2.10. The molecule has 4 heterocycles. The van der Waals surface area contributed by atoms with Crippen LogP contribution in [0.25, 0.3) is 21.3 Å². The highest BCUT2D eigenvalue weighted by atomic mass is 32.1. The Hall–Kier alpha value is -5.32. The van der Waals surface area contributed by atoms with E-state index in [0.29, 0.717) is 11.3 Å². The van der Waals surface area contributed by atoms with Crippen LogP contribution in [0, 0.1) is 22.9 Å². The standard InChI is InChI=1S/C25H19F3N8O5S/c1-11-14(9-34(2)32-11)13-8-16(22(27)28)30-25-19(13)20(21(42-25)23(29)37)31-24(38)15-5-6-35(33-15)10-41-18-7-12(26)3-4-17(18)36(39)40/h3-9,22H,10H2,1-2H3,(H2,29,37)(H,31,38). The van der Waals surface area contributed by atoms with Gasteiger partial charge >= 0.3 is 5.69 Å². The zero-order valence-electron chi connectivity index (χ0n) is 21.7. The first-order chi connectivity index (χ1) is 19.9. The first-order valence-electron chi connectivity index (χ1n) is 11.9. The van der Waals surface area contributed by atoms with Gasteiger partial charge in [-0.1, -0.05) is 0 Å². The number of carbonyl (C=O) groups is 2. The molecule has 0 radical (unpaired) electrons. The normalized spacial score (nSPS) is 11.3. The molecule has 5 rings (SSSR count). The van der Waals surface area contributed by atoms with Gasteiger partial charge in [0.25, 0.3) is 18.2 Å². The van der Waals surface area contributed by atoms with Crippen molar-refractivity contribution in [3.8, 4) is 16.9 Å². The molecule has 4 aromatic heterocycles. The molecule has 1 aromatic carbocycles. The average molecular weight is 601 g/mol. The van der Waals surface area contributed by atoms with Gasteiger partial charge in [-0.15, -0.1) is 11.3 Å². The number of benzene rings is 1. The van der Waals surface area contributed by atoms with Crippen LogP contribution >= 0.6 is 11.3 Å². The van der Waals surface area contributed by atoms with E-state index < -0.39 is 47.1 Å². The fourth-order valence-corrected chi connectivity index (χ4v) is 5.23. The lowest BCUT2D eigenvalue weighted by atomic mass is 10.0. The average Bonchev–Trinajstić information content (AvgIpc) is 3.63. The van der Waals surface area contributed by atoms with Crippen LogP contribution in [0.5, 0.6) is 5.75 Å². The summed E-state index contributed by atoms with van der Waals surface area (Å²) >= 11 is 0.746. The third-order valence-corrected chi connectivity index (χ3v) is 7.11. The fraction of sp³-hybridized carbons (Fsp3) is 0.160. The molecule has 17 heteroatoms. The van der Waals surface area contributed by atoms with E-state index in [2.05, 4.69) is 20.5 Å². The highest BCUT2D eigenvalue weighted by molar-refractivity contribution is 7.21. The Bertz CT molecular complexity index is 1880. The highest BCUT2D eigenvalue weighted by Crippen LogP contribution is 2.43. The molecule has 216 valence electrons. The van der Waals surface area contributed by atoms with Gasteiger partial charge in [0.05, 0.1) is 16.3 Å². The lowest BCUT2D eigenvalue weighted by molar-refractivity contribution is -0.386. The molecule has 0 saturated carbocycles. The maximum absolute atomic E-state index is 13.7. The number of hydrogen-bond donors (Lipinski definition) is 2. The summed E-state index contributed by atoms with van der Waals surface area (Å²) in [4.78, 5) is 40.0. The number of rotatable bonds is 9. The van der Waals surface area contributed by atoms with E-state index >= 15 is 0 Å². The smallest absolute Gasteiger partial charge is 0.311 e. The molecule has 0 bridgehead atoms. The Morgan fingerprint density at radius 2 is 1.98 bits per heavy atom. The summed E-state index contributed by atoms with van der Waals surface area (Å²) in [5.74, 6) is -2.80. The molecule has 0 unspecified atom stereocenters. The van der Waals surface area contributed by atoms with E-state index in [0.717, 1.165) is 34.2 Å². The predicted octanol–water partition coefficient (Wildman–Crippen LogP) is 4.57. The molecule has 0 atom stereocenters. The van der Waals surface area contributed by atoms with Crippen LogP contribution in [0.3, 0.4) is 0 Å².